The third kappa shape index (κ3) is 3.80. The van der Waals surface area contributed by atoms with E-state index >= 15 is 0 Å². The Morgan fingerprint density at radius 1 is 1.21 bits per heavy atom. The average Bonchev–Trinajstić information content (AvgIpc) is 3.07. The summed E-state index contributed by atoms with van der Waals surface area (Å²) in [5.74, 6) is -2.46. The zero-order valence-corrected chi connectivity index (χ0v) is 13.3. The number of thiazole rings is 1. The summed E-state index contributed by atoms with van der Waals surface area (Å²) in [6.07, 6.45) is 3.99. The molecule has 24 heavy (non-hydrogen) atoms. The van der Waals surface area contributed by atoms with E-state index in [0.717, 1.165) is 28.4 Å². The van der Waals surface area contributed by atoms with Crippen LogP contribution in [-0.2, 0) is 6.42 Å². The lowest BCUT2D eigenvalue weighted by Gasteiger charge is -2.04. The van der Waals surface area contributed by atoms with Gasteiger partial charge >= 0.3 is 0 Å². The Bertz CT molecular complexity index is 852. The molecule has 0 saturated carbocycles. The summed E-state index contributed by atoms with van der Waals surface area (Å²) in [5, 5.41) is 5.48. The van der Waals surface area contributed by atoms with Gasteiger partial charge in [0.15, 0.2) is 11.6 Å². The highest BCUT2D eigenvalue weighted by atomic mass is 32.1. The molecular weight excluding hydrogens is 332 g/mol. The quantitative estimate of drug-likeness (QED) is 0.770. The van der Waals surface area contributed by atoms with E-state index in [0.29, 0.717) is 13.0 Å². The summed E-state index contributed by atoms with van der Waals surface area (Å²) < 4.78 is 26.0. The molecule has 0 atom stereocenters. The first-order valence-corrected chi connectivity index (χ1v) is 8.09. The molecular formula is C17H13F2N3OS. The van der Waals surface area contributed by atoms with Crippen molar-refractivity contribution in [3.8, 4) is 11.3 Å². The highest BCUT2D eigenvalue weighted by Gasteiger charge is 2.10. The maximum Gasteiger partial charge on any atom is 0.251 e. The van der Waals surface area contributed by atoms with Crippen LogP contribution < -0.4 is 5.32 Å². The standard InChI is InChI=1S/C17H13F2N3OS/c18-13-4-3-11(8-14(13)19)17(23)21-7-5-16-22-15(10-24-16)12-2-1-6-20-9-12/h1-4,6,8-10H,5,7H2,(H,21,23). The fourth-order valence-electron chi connectivity index (χ4n) is 2.09. The molecule has 0 fully saturated rings. The second-order valence-electron chi connectivity index (χ2n) is 5.00. The predicted octanol–water partition coefficient (Wildman–Crippen LogP) is 3.46. The van der Waals surface area contributed by atoms with Crippen molar-refractivity contribution in [2.24, 2.45) is 0 Å². The molecule has 0 aliphatic carbocycles. The summed E-state index contributed by atoms with van der Waals surface area (Å²) in [5.41, 5.74) is 1.87. The van der Waals surface area contributed by atoms with Crippen LogP contribution in [0.1, 0.15) is 15.4 Å². The van der Waals surface area contributed by atoms with Crippen molar-refractivity contribution < 1.29 is 13.6 Å². The van der Waals surface area contributed by atoms with Crippen LogP contribution in [0, 0.1) is 11.6 Å². The third-order valence-electron chi connectivity index (χ3n) is 3.32. The van der Waals surface area contributed by atoms with E-state index in [4.69, 9.17) is 0 Å². The van der Waals surface area contributed by atoms with Crippen LogP contribution in [0.2, 0.25) is 0 Å². The van der Waals surface area contributed by atoms with Crippen LogP contribution >= 0.6 is 11.3 Å². The summed E-state index contributed by atoms with van der Waals surface area (Å²) in [6.45, 7) is 0.359. The SMILES string of the molecule is O=C(NCCc1nc(-c2cccnc2)cs1)c1ccc(F)c(F)c1. The van der Waals surface area contributed by atoms with Crippen molar-refractivity contribution >= 4 is 17.2 Å². The third-order valence-corrected chi connectivity index (χ3v) is 4.22. The number of amides is 1. The second kappa shape index (κ2) is 7.27. The molecule has 2 aromatic heterocycles. The van der Waals surface area contributed by atoms with Crippen molar-refractivity contribution in [3.63, 3.8) is 0 Å². The van der Waals surface area contributed by atoms with Gasteiger partial charge in [0.05, 0.1) is 10.7 Å². The number of hydrogen-bond donors (Lipinski definition) is 1. The van der Waals surface area contributed by atoms with Crippen molar-refractivity contribution in [2.45, 2.75) is 6.42 Å². The summed E-state index contributed by atoms with van der Waals surface area (Å²) in [6, 6.07) is 6.84. The van der Waals surface area contributed by atoms with Crippen LogP contribution in [0.4, 0.5) is 8.78 Å². The van der Waals surface area contributed by atoms with Crippen LogP contribution in [0.3, 0.4) is 0 Å². The Hall–Kier alpha value is -2.67. The Kier molecular flexibility index (Phi) is 4.90. The topological polar surface area (TPSA) is 54.9 Å². The zero-order valence-electron chi connectivity index (χ0n) is 12.5. The van der Waals surface area contributed by atoms with Gasteiger partial charge in [-0.15, -0.1) is 11.3 Å². The van der Waals surface area contributed by atoms with Gasteiger partial charge in [0.25, 0.3) is 5.91 Å². The molecule has 122 valence electrons. The molecule has 3 aromatic rings. The molecule has 2 heterocycles. The fourth-order valence-corrected chi connectivity index (χ4v) is 2.90. The first-order valence-electron chi connectivity index (χ1n) is 7.21. The number of rotatable bonds is 5. The molecule has 0 unspecified atom stereocenters. The Labute approximate surface area is 141 Å². The van der Waals surface area contributed by atoms with Crippen LogP contribution in [0.15, 0.2) is 48.1 Å². The second-order valence-corrected chi connectivity index (χ2v) is 5.95. The largest absolute Gasteiger partial charge is 0.352 e. The number of nitrogens with zero attached hydrogens (tertiary/aromatic N) is 2. The van der Waals surface area contributed by atoms with Gasteiger partial charge in [0, 0.05) is 41.9 Å². The van der Waals surface area contributed by atoms with Gasteiger partial charge in [-0.05, 0) is 30.3 Å². The minimum absolute atomic E-state index is 0.0871. The Balaban J connectivity index is 1.56. The van der Waals surface area contributed by atoms with Crippen molar-refractivity contribution in [1.82, 2.24) is 15.3 Å². The lowest BCUT2D eigenvalue weighted by Crippen LogP contribution is -2.25. The molecule has 0 spiro atoms. The number of carbonyl (C=O) groups excluding carboxylic acids is 1. The summed E-state index contributed by atoms with van der Waals surface area (Å²) in [7, 11) is 0. The van der Waals surface area contributed by atoms with Crippen LogP contribution in [0.5, 0.6) is 0 Å². The van der Waals surface area contributed by atoms with Crippen molar-refractivity contribution in [3.05, 3.63) is 70.3 Å². The van der Waals surface area contributed by atoms with E-state index in [-0.39, 0.29) is 5.56 Å². The monoisotopic (exact) mass is 345 g/mol. The Morgan fingerprint density at radius 2 is 2.08 bits per heavy atom. The van der Waals surface area contributed by atoms with Crippen molar-refractivity contribution in [1.29, 1.82) is 0 Å². The molecule has 1 amide bonds. The van der Waals surface area contributed by atoms with E-state index in [1.807, 2.05) is 17.5 Å². The molecule has 7 heteroatoms. The fraction of sp³-hybridized carbons (Fsp3) is 0.118. The number of benzene rings is 1. The van der Waals surface area contributed by atoms with Gasteiger partial charge in [-0.1, -0.05) is 0 Å². The number of pyridine rings is 1. The lowest BCUT2D eigenvalue weighted by molar-refractivity contribution is 0.0953. The van der Waals surface area contributed by atoms with Gasteiger partial charge in [0.1, 0.15) is 0 Å². The van der Waals surface area contributed by atoms with Gasteiger partial charge in [-0.3, -0.25) is 9.78 Å². The molecule has 0 radical (unpaired) electrons. The normalized spacial score (nSPS) is 10.6. The van der Waals surface area contributed by atoms with Gasteiger partial charge < -0.3 is 5.32 Å². The number of aromatic nitrogens is 2. The highest BCUT2D eigenvalue weighted by Crippen LogP contribution is 2.20. The smallest absolute Gasteiger partial charge is 0.251 e. The molecule has 0 bridgehead atoms. The maximum atomic E-state index is 13.1. The number of carbonyl (C=O) groups is 1. The molecule has 0 aliphatic heterocycles. The first kappa shape index (κ1) is 16.2. The predicted molar refractivity (Wildman–Crippen MR) is 87.7 cm³/mol. The minimum atomic E-state index is -1.04. The Morgan fingerprint density at radius 3 is 2.83 bits per heavy atom. The maximum absolute atomic E-state index is 13.1. The molecule has 1 aromatic carbocycles. The van der Waals surface area contributed by atoms with E-state index in [9.17, 15) is 13.6 Å². The highest BCUT2D eigenvalue weighted by molar-refractivity contribution is 7.09. The number of hydrogen-bond acceptors (Lipinski definition) is 4. The lowest BCUT2D eigenvalue weighted by atomic mass is 10.2. The van der Waals surface area contributed by atoms with E-state index in [1.165, 1.54) is 17.4 Å². The minimum Gasteiger partial charge on any atom is -0.352 e. The molecule has 1 N–H and O–H groups in total. The summed E-state index contributed by atoms with van der Waals surface area (Å²) >= 11 is 1.50. The number of halogens is 2. The van der Waals surface area contributed by atoms with Gasteiger partial charge in [-0.2, -0.15) is 0 Å². The van der Waals surface area contributed by atoms with Crippen molar-refractivity contribution in [2.75, 3.05) is 6.54 Å². The van der Waals surface area contributed by atoms with Gasteiger partial charge in [0.2, 0.25) is 0 Å². The summed E-state index contributed by atoms with van der Waals surface area (Å²) in [4.78, 5) is 20.4. The van der Waals surface area contributed by atoms with E-state index < -0.39 is 17.5 Å². The molecule has 0 saturated heterocycles. The van der Waals surface area contributed by atoms with Crippen LogP contribution in [-0.4, -0.2) is 22.4 Å². The van der Waals surface area contributed by atoms with E-state index in [2.05, 4.69) is 15.3 Å². The van der Waals surface area contributed by atoms with E-state index in [1.54, 1.807) is 12.4 Å². The zero-order chi connectivity index (χ0) is 16.9. The van der Waals surface area contributed by atoms with Gasteiger partial charge in [-0.25, -0.2) is 13.8 Å². The molecule has 4 nitrogen and oxygen atoms in total. The average molecular weight is 345 g/mol. The molecule has 3 rings (SSSR count). The molecule has 0 aliphatic rings. The van der Waals surface area contributed by atoms with Crippen LogP contribution in [0.25, 0.3) is 11.3 Å². The number of nitrogens with one attached hydrogen (secondary N) is 1. The first-order chi connectivity index (χ1) is 11.6.